The maximum absolute atomic E-state index is 13.7. The van der Waals surface area contributed by atoms with E-state index in [0.29, 0.717) is 12.0 Å². The zero-order chi connectivity index (χ0) is 33.6. The molecule has 2 aliphatic heterocycles. The molecule has 1 aromatic heterocycles. The average molecular weight is 686 g/mol. The number of phosphoric ester groups is 1. The lowest BCUT2D eigenvalue weighted by Crippen LogP contribution is -2.54. The van der Waals surface area contributed by atoms with Crippen molar-refractivity contribution in [1.82, 2.24) is 9.55 Å². The summed E-state index contributed by atoms with van der Waals surface area (Å²) in [6.07, 6.45) is -1.80. The lowest BCUT2D eigenvalue weighted by atomic mass is 10.1. The van der Waals surface area contributed by atoms with Crippen LogP contribution in [0, 0.1) is 5.82 Å². The van der Waals surface area contributed by atoms with Crippen molar-refractivity contribution in [3.63, 3.8) is 0 Å². The summed E-state index contributed by atoms with van der Waals surface area (Å²) in [5.41, 5.74) is 5.88. The summed E-state index contributed by atoms with van der Waals surface area (Å²) in [5.74, 6) is -0.290. The van der Waals surface area contributed by atoms with E-state index in [9.17, 15) is 13.8 Å². The molecule has 2 aliphatic rings. The van der Waals surface area contributed by atoms with E-state index < -0.39 is 60.8 Å². The van der Waals surface area contributed by atoms with Crippen LogP contribution in [0.4, 0.5) is 10.2 Å². The summed E-state index contributed by atoms with van der Waals surface area (Å²) >= 11 is 0. The van der Waals surface area contributed by atoms with Gasteiger partial charge >= 0.3 is 13.5 Å². The number of rotatable bonds is 9. The van der Waals surface area contributed by atoms with Crippen LogP contribution in [0.2, 0.25) is 36.3 Å². The van der Waals surface area contributed by atoms with Gasteiger partial charge in [0.1, 0.15) is 29.9 Å². The lowest BCUT2D eigenvalue weighted by molar-refractivity contribution is -0.0592. The quantitative estimate of drug-likeness (QED) is 0.218. The number of nitrogens with two attached hydrogens (primary N) is 1. The van der Waals surface area contributed by atoms with Crippen molar-refractivity contribution in [3.8, 4) is 0 Å². The first-order valence-corrected chi connectivity index (χ1v) is 22.6. The molecule has 0 unspecified atom stereocenters. The summed E-state index contributed by atoms with van der Waals surface area (Å²) in [5, 5.41) is -0.329. The smallest absolute Gasteiger partial charge is 0.408 e. The lowest BCUT2D eigenvalue weighted by Gasteiger charge is -2.44. The molecule has 0 amide bonds. The van der Waals surface area contributed by atoms with Crippen LogP contribution >= 0.6 is 7.82 Å². The number of hydrogen-bond donors (Lipinski definition) is 1. The van der Waals surface area contributed by atoms with E-state index in [1.807, 2.05) is 0 Å². The molecule has 45 heavy (non-hydrogen) atoms. The Morgan fingerprint density at radius 2 is 1.58 bits per heavy atom. The van der Waals surface area contributed by atoms with Crippen LogP contribution in [-0.2, 0) is 31.7 Å². The molecular weight excluding hydrogens is 636 g/mol. The van der Waals surface area contributed by atoms with Crippen molar-refractivity contribution >= 4 is 30.3 Å². The summed E-state index contributed by atoms with van der Waals surface area (Å²) in [6, 6.07) is 7.35. The van der Waals surface area contributed by atoms with Crippen LogP contribution in [-0.4, -0.2) is 57.7 Å². The van der Waals surface area contributed by atoms with Crippen LogP contribution in [0.15, 0.2) is 41.3 Å². The van der Waals surface area contributed by atoms with Gasteiger partial charge in [-0.3, -0.25) is 18.1 Å². The summed E-state index contributed by atoms with van der Waals surface area (Å²) in [6.45, 7) is 21.2. The number of aromatic nitrogens is 2. The van der Waals surface area contributed by atoms with Crippen LogP contribution in [0.5, 0.6) is 0 Å². The molecule has 15 heteroatoms. The predicted octanol–water partition coefficient (Wildman–Crippen LogP) is 6.95. The zero-order valence-corrected chi connectivity index (χ0v) is 30.9. The van der Waals surface area contributed by atoms with Crippen LogP contribution < -0.4 is 11.4 Å². The SMILES string of the molecule is CC(C)(C)[Si](C)(C)O[C@H]1[C@H](O[Si](C)(C)C(C)(C)C)[C@@H](CO[P@@]2(=O)OCC[C@@H](c3ccc(F)cc3)O2)O[C@H]1n1ccc(N)nc1=O. The zero-order valence-electron chi connectivity index (χ0n) is 28.0. The van der Waals surface area contributed by atoms with Crippen molar-refractivity contribution in [2.24, 2.45) is 0 Å². The molecular formula is C30H49FN3O8PSi2. The van der Waals surface area contributed by atoms with Crippen molar-refractivity contribution in [2.45, 2.75) is 115 Å². The van der Waals surface area contributed by atoms with Gasteiger partial charge < -0.3 is 19.3 Å². The van der Waals surface area contributed by atoms with Crippen molar-refractivity contribution < 1.29 is 36.1 Å². The second kappa shape index (κ2) is 13.0. The van der Waals surface area contributed by atoms with E-state index >= 15 is 0 Å². The van der Waals surface area contributed by atoms with Gasteiger partial charge in [0.2, 0.25) is 0 Å². The maximum Gasteiger partial charge on any atom is 0.475 e. The van der Waals surface area contributed by atoms with Gasteiger partial charge in [0.25, 0.3) is 0 Å². The molecule has 2 fully saturated rings. The van der Waals surface area contributed by atoms with E-state index in [2.05, 4.69) is 72.7 Å². The van der Waals surface area contributed by atoms with E-state index in [4.69, 9.17) is 32.9 Å². The fraction of sp³-hybridized carbons (Fsp3) is 0.667. The number of ether oxygens (including phenoxy) is 1. The highest BCUT2D eigenvalue weighted by atomic mass is 31.2. The van der Waals surface area contributed by atoms with Crippen LogP contribution in [0.25, 0.3) is 0 Å². The molecule has 0 radical (unpaired) electrons. The Bertz CT molecular complexity index is 1440. The van der Waals surface area contributed by atoms with E-state index in [1.165, 1.54) is 29.0 Å². The van der Waals surface area contributed by atoms with Crippen LogP contribution in [0.3, 0.4) is 0 Å². The standard InChI is InChI=1S/C30H49FN3O8PSi2/c1-29(2,3)44(7,8)41-25-23(19-38-43(36)37-18-16-22(40-43)20-11-13-21(31)14-12-20)39-27(34-17-15-24(32)33-28(34)35)26(25)42-45(9,10)30(4,5)6/h11-15,17,22-23,25-27H,16,18-19H2,1-10H3,(H2,32,33,35)/t22-,23+,25+,26-,27+,43+/m0/s1. The molecule has 6 atom stereocenters. The van der Waals surface area contributed by atoms with Crippen molar-refractivity contribution in [1.29, 1.82) is 0 Å². The van der Waals surface area contributed by atoms with Gasteiger partial charge in [0.05, 0.1) is 19.3 Å². The van der Waals surface area contributed by atoms with Gasteiger partial charge in [0.15, 0.2) is 22.9 Å². The first kappa shape index (κ1) is 36.1. The Hall–Kier alpha value is -1.75. The summed E-state index contributed by atoms with van der Waals surface area (Å²) < 4.78 is 66.5. The minimum Gasteiger partial charge on any atom is -0.408 e. The molecule has 1 aromatic carbocycles. The third-order valence-corrected chi connectivity index (χ3v) is 19.8. The predicted molar refractivity (Wildman–Crippen MR) is 175 cm³/mol. The van der Waals surface area contributed by atoms with Gasteiger partial charge in [0, 0.05) is 12.6 Å². The molecule has 4 rings (SSSR count). The van der Waals surface area contributed by atoms with Gasteiger partial charge in [-0.05, 0) is 60.0 Å². The van der Waals surface area contributed by atoms with Crippen molar-refractivity contribution in [2.75, 3.05) is 18.9 Å². The highest BCUT2D eigenvalue weighted by molar-refractivity contribution is 7.48. The topological polar surface area (TPSA) is 133 Å². The number of nitrogen functional groups attached to an aromatic ring is 1. The molecule has 2 saturated heterocycles. The molecule has 252 valence electrons. The Morgan fingerprint density at radius 1 is 1.00 bits per heavy atom. The third-order valence-electron chi connectivity index (χ3n) is 9.41. The Morgan fingerprint density at radius 3 is 2.13 bits per heavy atom. The Labute approximate surface area is 267 Å². The third kappa shape index (κ3) is 8.22. The Kier molecular flexibility index (Phi) is 10.5. The highest BCUT2D eigenvalue weighted by Crippen LogP contribution is 2.57. The number of hydrogen-bond acceptors (Lipinski definition) is 10. The monoisotopic (exact) mass is 685 g/mol. The molecule has 11 nitrogen and oxygen atoms in total. The molecule has 0 bridgehead atoms. The number of halogens is 1. The second-order valence-corrected chi connectivity index (χ2v) is 25.9. The van der Waals surface area contributed by atoms with Gasteiger partial charge in [-0.15, -0.1) is 0 Å². The van der Waals surface area contributed by atoms with E-state index in [0.717, 1.165) is 0 Å². The summed E-state index contributed by atoms with van der Waals surface area (Å²) in [7, 11) is -8.98. The van der Waals surface area contributed by atoms with E-state index in [1.54, 1.807) is 12.1 Å². The van der Waals surface area contributed by atoms with E-state index in [-0.39, 0.29) is 34.9 Å². The molecule has 0 saturated carbocycles. The first-order valence-electron chi connectivity index (χ1n) is 15.3. The highest BCUT2D eigenvalue weighted by Gasteiger charge is 2.55. The fourth-order valence-corrected chi connectivity index (χ4v) is 8.63. The molecule has 0 spiro atoms. The van der Waals surface area contributed by atoms with Crippen molar-refractivity contribution in [3.05, 3.63) is 58.4 Å². The maximum atomic E-state index is 13.7. The second-order valence-electron chi connectivity index (χ2n) is 14.8. The average Bonchev–Trinajstić information content (AvgIpc) is 3.22. The number of anilines is 1. The van der Waals surface area contributed by atoms with Gasteiger partial charge in [-0.1, -0.05) is 53.7 Å². The number of benzene rings is 1. The fourth-order valence-electron chi connectivity index (χ4n) is 4.64. The largest absolute Gasteiger partial charge is 0.475 e. The Balaban J connectivity index is 1.69. The first-order chi connectivity index (χ1) is 20.6. The van der Waals surface area contributed by atoms with Gasteiger partial charge in [-0.2, -0.15) is 4.98 Å². The minimum atomic E-state index is -4.05. The molecule has 0 aliphatic carbocycles. The summed E-state index contributed by atoms with van der Waals surface area (Å²) in [4.78, 5) is 17.0. The minimum absolute atomic E-state index is 0.0884. The molecule has 2 aromatic rings. The number of nitrogens with zero attached hydrogens (tertiary/aromatic N) is 2. The van der Waals surface area contributed by atoms with Gasteiger partial charge in [-0.25, -0.2) is 13.8 Å². The molecule has 3 heterocycles. The molecule has 2 N–H and O–H groups in total. The normalized spacial score (nSPS) is 28.4. The number of phosphoric acid groups is 1. The van der Waals surface area contributed by atoms with Crippen LogP contribution in [0.1, 0.15) is 65.9 Å².